The minimum absolute atomic E-state index is 0.0456. The van der Waals surface area contributed by atoms with Gasteiger partial charge in [-0.3, -0.25) is 9.69 Å². The van der Waals surface area contributed by atoms with Crippen LogP contribution in [0.25, 0.3) is 0 Å². The Kier molecular flexibility index (Phi) is 5.85. The molecule has 2 aromatic rings. The summed E-state index contributed by atoms with van der Waals surface area (Å²) in [4.78, 5) is 15.0. The summed E-state index contributed by atoms with van der Waals surface area (Å²) in [5.74, 6) is 1.33. The third kappa shape index (κ3) is 4.32. The number of carbonyl (C=O) groups is 1. The molecule has 0 spiro atoms. The maximum atomic E-state index is 12.8. The molecule has 2 unspecified atom stereocenters. The SMILES string of the molecule is CC(C(=O)Nc1ccc2c(c1)OCCO2)N1CCOC(c2cccc(Br)c2)C1. The van der Waals surface area contributed by atoms with E-state index in [2.05, 4.69) is 38.3 Å². The van der Waals surface area contributed by atoms with Gasteiger partial charge in [-0.05, 0) is 36.8 Å². The summed E-state index contributed by atoms with van der Waals surface area (Å²) in [6, 6.07) is 13.3. The molecular formula is C21H23BrN2O4. The summed E-state index contributed by atoms with van der Waals surface area (Å²) in [6.45, 7) is 4.99. The van der Waals surface area contributed by atoms with Crippen molar-refractivity contribution in [2.75, 3.05) is 38.2 Å². The van der Waals surface area contributed by atoms with Gasteiger partial charge in [-0.1, -0.05) is 28.1 Å². The first-order valence-electron chi connectivity index (χ1n) is 9.42. The Labute approximate surface area is 172 Å². The fourth-order valence-electron chi connectivity index (χ4n) is 3.46. The molecule has 2 aliphatic heterocycles. The average Bonchev–Trinajstić information content (AvgIpc) is 2.73. The van der Waals surface area contributed by atoms with E-state index in [1.165, 1.54) is 0 Å². The number of fused-ring (bicyclic) bond motifs is 1. The molecule has 0 saturated carbocycles. The van der Waals surface area contributed by atoms with E-state index in [4.69, 9.17) is 14.2 Å². The highest BCUT2D eigenvalue weighted by atomic mass is 79.9. The van der Waals surface area contributed by atoms with Crippen LogP contribution in [0.5, 0.6) is 11.5 Å². The van der Waals surface area contributed by atoms with Crippen LogP contribution in [0.4, 0.5) is 5.69 Å². The van der Waals surface area contributed by atoms with Gasteiger partial charge in [0.05, 0.1) is 18.8 Å². The second kappa shape index (κ2) is 8.51. The zero-order valence-corrected chi connectivity index (χ0v) is 17.3. The molecule has 2 aromatic carbocycles. The number of amides is 1. The van der Waals surface area contributed by atoms with Crippen molar-refractivity contribution in [3.63, 3.8) is 0 Å². The van der Waals surface area contributed by atoms with Gasteiger partial charge < -0.3 is 19.5 Å². The minimum atomic E-state index is -0.272. The summed E-state index contributed by atoms with van der Waals surface area (Å²) < 4.78 is 18.1. The fourth-order valence-corrected chi connectivity index (χ4v) is 3.88. The smallest absolute Gasteiger partial charge is 0.241 e. The Morgan fingerprint density at radius 2 is 1.96 bits per heavy atom. The number of hydrogen-bond acceptors (Lipinski definition) is 5. The number of hydrogen-bond donors (Lipinski definition) is 1. The molecule has 0 aliphatic carbocycles. The van der Waals surface area contributed by atoms with Gasteiger partial charge in [0.2, 0.25) is 5.91 Å². The first-order chi connectivity index (χ1) is 13.6. The first-order valence-corrected chi connectivity index (χ1v) is 10.2. The highest BCUT2D eigenvalue weighted by molar-refractivity contribution is 9.10. The number of nitrogens with one attached hydrogen (secondary N) is 1. The topological polar surface area (TPSA) is 60.0 Å². The van der Waals surface area contributed by atoms with Crippen LogP contribution in [0.1, 0.15) is 18.6 Å². The quantitative estimate of drug-likeness (QED) is 0.776. The zero-order valence-electron chi connectivity index (χ0n) is 15.7. The van der Waals surface area contributed by atoms with Crippen LogP contribution < -0.4 is 14.8 Å². The third-order valence-corrected chi connectivity index (χ3v) is 5.55. The van der Waals surface area contributed by atoms with Crippen molar-refractivity contribution in [1.82, 2.24) is 4.90 Å². The molecule has 0 bridgehead atoms. The Morgan fingerprint density at radius 3 is 2.79 bits per heavy atom. The van der Waals surface area contributed by atoms with E-state index < -0.39 is 0 Å². The van der Waals surface area contributed by atoms with Gasteiger partial charge in [0.1, 0.15) is 13.2 Å². The van der Waals surface area contributed by atoms with Gasteiger partial charge in [-0.15, -0.1) is 0 Å². The zero-order chi connectivity index (χ0) is 19.5. The molecule has 7 heteroatoms. The fraction of sp³-hybridized carbons (Fsp3) is 0.381. The molecule has 148 valence electrons. The van der Waals surface area contributed by atoms with Crippen LogP contribution in [0.15, 0.2) is 46.9 Å². The van der Waals surface area contributed by atoms with E-state index in [0.29, 0.717) is 43.6 Å². The van der Waals surface area contributed by atoms with E-state index in [9.17, 15) is 4.79 Å². The molecule has 4 rings (SSSR count). The van der Waals surface area contributed by atoms with Gasteiger partial charge in [-0.25, -0.2) is 0 Å². The first kappa shape index (κ1) is 19.2. The van der Waals surface area contributed by atoms with Crippen molar-refractivity contribution in [1.29, 1.82) is 0 Å². The third-order valence-electron chi connectivity index (χ3n) is 5.06. The average molecular weight is 447 g/mol. The van der Waals surface area contributed by atoms with Crippen LogP contribution in [0.2, 0.25) is 0 Å². The molecule has 0 radical (unpaired) electrons. The lowest BCUT2D eigenvalue weighted by molar-refractivity contribution is -0.124. The van der Waals surface area contributed by atoms with Gasteiger partial charge in [0.15, 0.2) is 11.5 Å². The lowest BCUT2D eigenvalue weighted by atomic mass is 10.1. The molecule has 1 saturated heterocycles. The Bertz CT molecular complexity index is 860. The van der Waals surface area contributed by atoms with Crippen LogP contribution >= 0.6 is 15.9 Å². The van der Waals surface area contributed by atoms with Crippen molar-refractivity contribution in [3.8, 4) is 11.5 Å². The van der Waals surface area contributed by atoms with E-state index in [1.54, 1.807) is 0 Å². The molecule has 28 heavy (non-hydrogen) atoms. The van der Waals surface area contributed by atoms with Gasteiger partial charge >= 0.3 is 0 Å². The maximum Gasteiger partial charge on any atom is 0.241 e. The standard InChI is InChI=1S/C21H23BrN2O4/c1-14(21(25)23-17-5-6-18-19(12-17)28-10-9-27-18)24-7-8-26-20(13-24)15-3-2-4-16(22)11-15/h2-6,11-12,14,20H,7-10,13H2,1H3,(H,23,25). The van der Waals surface area contributed by atoms with Crippen LogP contribution in [0, 0.1) is 0 Å². The lowest BCUT2D eigenvalue weighted by Crippen LogP contribution is -2.48. The van der Waals surface area contributed by atoms with E-state index in [1.807, 2.05) is 37.3 Å². The highest BCUT2D eigenvalue weighted by Gasteiger charge is 2.29. The van der Waals surface area contributed by atoms with Crippen molar-refractivity contribution in [2.24, 2.45) is 0 Å². The van der Waals surface area contributed by atoms with Crippen molar-refractivity contribution >= 4 is 27.5 Å². The number of anilines is 1. The normalized spacial score (nSPS) is 20.4. The highest BCUT2D eigenvalue weighted by Crippen LogP contribution is 2.33. The summed E-state index contributed by atoms with van der Waals surface area (Å²) in [7, 11) is 0. The predicted molar refractivity (Wildman–Crippen MR) is 110 cm³/mol. The Hall–Kier alpha value is -2.09. The molecule has 1 N–H and O–H groups in total. The van der Waals surface area contributed by atoms with Gasteiger partial charge in [0.25, 0.3) is 0 Å². The van der Waals surface area contributed by atoms with E-state index in [-0.39, 0.29) is 18.1 Å². The largest absolute Gasteiger partial charge is 0.486 e. The molecule has 6 nitrogen and oxygen atoms in total. The van der Waals surface area contributed by atoms with Crippen LogP contribution in [0.3, 0.4) is 0 Å². The summed E-state index contributed by atoms with van der Waals surface area (Å²) >= 11 is 3.51. The maximum absolute atomic E-state index is 12.8. The van der Waals surface area contributed by atoms with Gasteiger partial charge in [-0.2, -0.15) is 0 Å². The summed E-state index contributed by atoms with van der Waals surface area (Å²) in [5.41, 5.74) is 1.82. The number of nitrogens with zero attached hydrogens (tertiary/aromatic N) is 1. The Balaban J connectivity index is 1.40. The number of carbonyl (C=O) groups excluding carboxylic acids is 1. The van der Waals surface area contributed by atoms with Gasteiger partial charge in [0, 0.05) is 29.3 Å². The molecule has 2 heterocycles. The summed E-state index contributed by atoms with van der Waals surface area (Å²) in [6.07, 6.45) is -0.0456. The van der Waals surface area contributed by atoms with Crippen molar-refractivity contribution in [2.45, 2.75) is 19.1 Å². The van der Waals surface area contributed by atoms with E-state index in [0.717, 1.165) is 16.6 Å². The molecule has 2 atom stereocenters. The van der Waals surface area contributed by atoms with Crippen LogP contribution in [-0.4, -0.2) is 49.8 Å². The molecule has 1 amide bonds. The monoisotopic (exact) mass is 446 g/mol. The van der Waals surface area contributed by atoms with Crippen molar-refractivity contribution in [3.05, 3.63) is 52.5 Å². The minimum Gasteiger partial charge on any atom is -0.486 e. The van der Waals surface area contributed by atoms with Crippen molar-refractivity contribution < 1.29 is 19.0 Å². The lowest BCUT2D eigenvalue weighted by Gasteiger charge is -2.36. The molecular weight excluding hydrogens is 424 g/mol. The molecule has 0 aromatic heterocycles. The van der Waals surface area contributed by atoms with E-state index >= 15 is 0 Å². The van der Waals surface area contributed by atoms with Crippen LogP contribution in [-0.2, 0) is 9.53 Å². The summed E-state index contributed by atoms with van der Waals surface area (Å²) in [5, 5.41) is 2.99. The number of benzene rings is 2. The number of rotatable bonds is 4. The Morgan fingerprint density at radius 1 is 1.14 bits per heavy atom. The predicted octanol–water partition coefficient (Wildman–Crippen LogP) is 3.62. The number of halogens is 1. The second-order valence-electron chi connectivity index (χ2n) is 6.93. The number of morpholine rings is 1. The molecule has 1 fully saturated rings. The second-order valence-corrected chi connectivity index (χ2v) is 7.85. The number of ether oxygens (including phenoxy) is 3. The molecule has 2 aliphatic rings.